The Balaban J connectivity index is 1.70. The summed E-state index contributed by atoms with van der Waals surface area (Å²) in [6.45, 7) is -0.449. The van der Waals surface area contributed by atoms with Gasteiger partial charge in [-0.15, -0.1) is 0 Å². The van der Waals surface area contributed by atoms with E-state index >= 15 is 0 Å². The topological polar surface area (TPSA) is 84.9 Å². The second-order valence-electron chi connectivity index (χ2n) is 7.82. The van der Waals surface area contributed by atoms with Crippen LogP contribution in [0.3, 0.4) is 0 Å². The quantitative estimate of drug-likeness (QED) is 0.340. The maximum atomic E-state index is 13.6. The number of benzene rings is 4. The number of ether oxygens (including phenoxy) is 2. The third kappa shape index (κ3) is 5.34. The smallest absolute Gasteiger partial charge is 0.264 e. The van der Waals surface area contributed by atoms with E-state index in [0.29, 0.717) is 17.2 Å². The van der Waals surface area contributed by atoms with E-state index in [9.17, 15) is 13.2 Å². The van der Waals surface area contributed by atoms with Gasteiger partial charge in [0, 0.05) is 17.3 Å². The third-order valence-corrected chi connectivity index (χ3v) is 7.35. The number of carbonyl (C=O) groups excluding carboxylic acids is 1. The van der Waals surface area contributed by atoms with E-state index in [4.69, 9.17) is 9.47 Å². The highest BCUT2D eigenvalue weighted by molar-refractivity contribution is 7.92. The molecule has 0 aliphatic heterocycles. The van der Waals surface area contributed by atoms with Crippen molar-refractivity contribution in [1.82, 2.24) is 0 Å². The van der Waals surface area contributed by atoms with Crippen LogP contribution in [0.25, 0.3) is 11.1 Å². The summed E-state index contributed by atoms with van der Waals surface area (Å²) < 4.78 is 39.0. The Hall–Kier alpha value is -4.30. The van der Waals surface area contributed by atoms with E-state index in [-0.39, 0.29) is 10.6 Å². The van der Waals surface area contributed by atoms with Gasteiger partial charge in [0.2, 0.25) is 5.91 Å². The van der Waals surface area contributed by atoms with Crippen LogP contribution in [0, 0.1) is 0 Å². The zero-order chi connectivity index (χ0) is 25.5. The molecule has 0 bridgehead atoms. The second kappa shape index (κ2) is 11.0. The molecule has 0 radical (unpaired) electrons. The van der Waals surface area contributed by atoms with Gasteiger partial charge < -0.3 is 14.8 Å². The number of hydrogen-bond donors (Lipinski definition) is 1. The molecule has 0 unspecified atom stereocenters. The normalized spacial score (nSPS) is 10.9. The molecule has 0 atom stereocenters. The van der Waals surface area contributed by atoms with Gasteiger partial charge in [-0.3, -0.25) is 9.10 Å². The summed E-state index contributed by atoms with van der Waals surface area (Å²) in [4.78, 5) is 13.3. The molecule has 1 amide bonds. The Morgan fingerprint density at radius 2 is 1.39 bits per heavy atom. The Bertz CT molecular complexity index is 1440. The van der Waals surface area contributed by atoms with Crippen molar-refractivity contribution in [2.24, 2.45) is 0 Å². The van der Waals surface area contributed by atoms with Crippen LogP contribution in [-0.4, -0.2) is 35.1 Å². The van der Waals surface area contributed by atoms with Gasteiger partial charge in [0.25, 0.3) is 10.0 Å². The van der Waals surface area contributed by atoms with Crippen molar-refractivity contribution in [1.29, 1.82) is 0 Å². The average Bonchev–Trinajstić information content (AvgIpc) is 2.92. The van der Waals surface area contributed by atoms with Gasteiger partial charge in [-0.2, -0.15) is 0 Å². The summed E-state index contributed by atoms with van der Waals surface area (Å²) in [6.07, 6.45) is 0. The number of anilines is 2. The van der Waals surface area contributed by atoms with Crippen molar-refractivity contribution in [3.63, 3.8) is 0 Å². The van der Waals surface area contributed by atoms with Gasteiger partial charge in [-0.25, -0.2) is 8.42 Å². The predicted molar refractivity (Wildman–Crippen MR) is 141 cm³/mol. The molecule has 4 aromatic rings. The summed E-state index contributed by atoms with van der Waals surface area (Å²) in [5.41, 5.74) is 2.61. The average molecular weight is 503 g/mol. The number of rotatable bonds is 9. The van der Waals surface area contributed by atoms with E-state index in [1.807, 2.05) is 48.5 Å². The van der Waals surface area contributed by atoms with Crippen molar-refractivity contribution in [3.8, 4) is 22.6 Å². The largest absolute Gasteiger partial charge is 0.493 e. The van der Waals surface area contributed by atoms with Gasteiger partial charge in [0.15, 0.2) is 11.5 Å². The van der Waals surface area contributed by atoms with Crippen LogP contribution >= 0.6 is 0 Å². The first-order valence-corrected chi connectivity index (χ1v) is 12.6. The van der Waals surface area contributed by atoms with Gasteiger partial charge in [0.05, 0.1) is 24.8 Å². The summed E-state index contributed by atoms with van der Waals surface area (Å²) in [5.74, 6) is 0.297. The molecule has 0 saturated heterocycles. The van der Waals surface area contributed by atoms with Crippen LogP contribution in [0.1, 0.15) is 0 Å². The molecular formula is C28H26N2O5S. The lowest BCUT2D eigenvalue weighted by molar-refractivity contribution is -0.114. The maximum Gasteiger partial charge on any atom is 0.264 e. The van der Waals surface area contributed by atoms with Crippen LogP contribution in [0.15, 0.2) is 108 Å². The molecule has 0 aliphatic rings. The molecule has 0 heterocycles. The molecular weight excluding hydrogens is 476 g/mol. The fourth-order valence-corrected chi connectivity index (χ4v) is 5.23. The summed E-state index contributed by atoms with van der Waals surface area (Å²) in [6, 6.07) is 29.7. The summed E-state index contributed by atoms with van der Waals surface area (Å²) >= 11 is 0. The fourth-order valence-electron chi connectivity index (χ4n) is 3.80. The molecule has 0 saturated carbocycles. The fraction of sp³-hybridized carbons (Fsp3) is 0.107. The number of amides is 1. The highest BCUT2D eigenvalue weighted by Crippen LogP contribution is 2.34. The molecule has 4 aromatic carbocycles. The van der Waals surface area contributed by atoms with Gasteiger partial charge in [-0.1, -0.05) is 66.7 Å². The zero-order valence-electron chi connectivity index (χ0n) is 19.9. The Morgan fingerprint density at radius 1 is 0.778 bits per heavy atom. The van der Waals surface area contributed by atoms with Gasteiger partial charge in [0.1, 0.15) is 6.54 Å². The Labute approximate surface area is 211 Å². The van der Waals surface area contributed by atoms with Gasteiger partial charge in [-0.05, 0) is 35.9 Å². The summed E-state index contributed by atoms with van der Waals surface area (Å²) in [7, 11) is -1.12. The van der Waals surface area contributed by atoms with Crippen molar-refractivity contribution in [2.75, 3.05) is 30.4 Å². The number of sulfonamides is 1. The van der Waals surface area contributed by atoms with Crippen LogP contribution in [-0.2, 0) is 14.8 Å². The lowest BCUT2D eigenvalue weighted by Gasteiger charge is -2.25. The van der Waals surface area contributed by atoms with Crippen LogP contribution in [0.5, 0.6) is 11.5 Å². The molecule has 184 valence electrons. The molecule has 1 N–H and O–H groups in total. The van der Waals surface area contributed by atoms with E-state index in [1.165, 1.54) is 32.4 Å². The van der Waals surface area contributed by atoms with Crippen molar-refractivity contribution >= 4 is 27.3 Å². The minimum atomic E-state index is -4.07. The predicted octanol–water partition coefficient (Wildman–Crippen LogP) is 5.20. The number of nitrogens with zero attached hydrogens (tertiary/aromatic N) is 1. The first-order chi connectivity index (χ1) is 17.4. The lowest BCUT2D eigenvalue weighted by Crippen LogP contribution is -2.38. The Kier molecular flexibility index (Phi) is 7.56. The first kappa shape index (κ1) is 24.8. The molecule has 0 aromatic heterocycles. The number of nitrogens with one attached hydrogen (secondary N) is 1. The molecule has 36 heavy (non-hydrogen) atoms. The molecule has 8 heteroatoms. The summed E-state index contributed by atoms with van der Waals surface area (Å²) in [5, 5.41) is 2.88. The van der Waals surface area contributed by atoms with Crippen LogP contribution in [0.2, 0.25) is 0 Å². The maximum absolute atomic E-state index is 13.6. The second-order valence-corrected chi connectivity index (χ2v) is 9.69. The van der Waals surface area contributed by atoms with Crippen molar-refractivity contribution < 1.29 is 22.7 Å². The van der Waals surface area contributed by atoms with Crippen molar-refractivity contribution in [2.45, 2.75) is 4.90 Å². The minimum absolute atomic E-state index is 0.0669. The molecule has 0 fully saturated rings. The highest BCUT2D eigenvalue weighted by atomic mass is 32.2. The van der Waals surface area contributed by atoms with Crippen LogP contribution in [0.4, 0.5) is 11.4 Å². The zero-order valence-corrected chi connectivity index (χ0v) is 20.7. The molecule has 0 aliphatic carbocycles. The number of carbonyl (C=O) groups is 1. The number of methoxy groups -OCH3 is 2. The standard InChI is InChI=1S/C28H26N2O5S/c1-34-26-18-17-22(19-27(26)35-2)30(36(32,33)23-13-7-4-8-14-23)20-28(31)29-25-16-10-9-15-24(25)21-11-5-3-6-12-21/h3-19H,20H2,1-2H3,(H,29,31). The Morgan fingerprint density at radius 3 is 2.06 bits per heavy atom. The monoisotopic (exact) mass is 502 g/mol. The SMILES string of the molecule is COc1ccc(N(CC(=O)Nc2ccccc2-c2ccccc2)S(=O)(=O)c2ccccc2)cc1OC. The molecule has 7 nitrogen and oxygen atoms in total. The van der Waals surface area contributed by atoms with E-state index < -0.39 is 22.5 Å². The lowest BCUT2D eigenvalue weighted by atomic mass is 10.0. The first-order valence-electron chi connectivity index (χ1n) is 11.2. The van der Waals surface area contributed by atoms with E-state index in [1.54, 1.807) is 36.4 Å². The number of para-hydroxylation sites is 1. The minimum Gasteiger partial charge on any atom is -0.493 e. The van der Waals surface area contributed by atoms with Crippen LogP contribution < -0.4 is 19.1 Å². The van der Waals surface area contributed by atoms with Gasteiger partial charge >= 0.3 is 0 Å². The van der Waals surface area contributed by atoms with E-state index in [2.05, 4.69) is 5.32 Å². The molecule has 4 rings (SSSR count). The third-order valence-electron chi connectivity index (χ3n) is 5.56. The highest BCUT2D eigenvalue weighted by Gasteiger charge is 2.28. The van der Waals surface area contributed by atoms with Crippen molar-refractivity contribution in [3.05, 3.63) is 103 Å². The molecule has 0 spiro atoms. The number of hydrogen-bond acceptors (Lipinski definition) is 5. The van der Waals surface area contributed by atoms with E-state index in [0.717, 1.165) is 15.4 Å².